The normalized spacial score (nSPS) is 11.3. The lowest BCUT2D eigenvalue weighted by Crippen LogP contribution is -2.14. The summed E-state index contributed by atoms with van der Waals surface area (Å²) in [7, 11) is -3.10. The summed E-state index contributed by atoms with van der Waals surface area (Å²) < 4.78 is 26.3. The van der Waals surface area contributed by atoms with E-state index in [1.54, 1.807) is 11.4 Å². The minimum absolute atomic E-state index is 0.144. The molecule has 1 aromatic heterocycles. The molecule has 0 fully saturated rings. The summed E-state index contributed by atoms with van der Waals surface area (Å²) in [5.41, 5.74) is 5.84. The molecule has 84 valence electrons. The van der Waals surface area contributed by atoms with Gasteiger partial charge in [0, 0.05) is 6.26 Å². The average molecular weight is 249 g/mol. The highest BCUT2D eigenvalue weighted by molar-refractivity contribution is 7.90. The number of rotatable bonds is 4. The highest BCUT2D eigenvalue weighted by atomic mass is 32.2. The van der Waals surface area contributed by atoms with Crippen LogP contribution in [0.15, 0.2) is 11.4 Å². The SMILES string of the molecule is CS(=O)(=O)CCOC(=O)c1sccc1N. The van der Waals surface area contributed by atoms with Gasteiger partial charge in [0.1, 0.15) is 11.5 Å². The van der Waals surface area contributed by atoms with Gasteiger partial charge in [0.25, 0.3) is 0 Å². The van der Waals surface area contributed by atoms with Crippen LogP contribution in [-0.4, -0.2) is 33.0 Å². The molecule has 0 saturated heterocycles. The van der Waals surface area contributed by atoms with Crippen molar-refractivity contribution in [2.75, 3.05) is 24.3 Å². The fraction of sp³-hybridized carbons (Fsp3) is 0.375. The maximum atomic E-state index is 11.3. The molecule has 0 saturated carbocycles. The summed E-state index contributed by atoms with van der Waals surface area (Å²) in [5.74, 6) is -0.754. The predicted molar refractivity (Wildman–Crippen MR) is 58.7 cm³/mol. The molecule has 0 unspecified atom stereocenters. The molecule has 0 amide bonds. The van der Waals surface area contributed by atoms with Gasteiger partial charge in [-0.2, -0.15) is 0 Å². The van der Waals surface area contributed by atoms with E-state index in [0.29, 0.717) is 10.6 Å². The Morgan fingerprint density at radius 2 is 2.27 bits per heavy atom. The number of sulfone groups is 1. The van der Waals surface area contributed by atoms with Gasteiger partial charge < -0.3 is 10.5 Å². The lowest BCUT2D eigenvalue weighted by Gasteiger charge is -2.02. The fourth-order valence-corrected chi connectivity index (χ4v) is 1.93. The Balaban J connectivity index is 2.48. The molecule has 0 radical (unpaired) electrons. The lowest BCUT2D eigenvalue weighted by atomic mass is 10.4. The zero-order chi connectivity index (χ0) is 11.5. The molecule has 0 aliphatic heterocycles. The Labute approximate surface area is 91.8 Å². The second-order valence-corrected chi connectivity index (χ2v) is 6.15. The average Bonchev–Trinajstić information content (AvgIpc) is 2.48. The van der Waals surface area contributed by atoms with Gasteiger partial charge >= 0.3 is 5.97 Å². The van der Waals surface area contributed by atoms with Crippen molar-refractivity contribution in [2.24, 2.45) is 0 Å². The second-order valence-electron chi connectivity index (χ2n) is 2.97. The van der Waals surface area contributed by atoms with Crippen LogP contribution < -0.4 is 5.73 Å². The van der Waals surface area contributed by atoms with Gasteiger partial charge in [0.05, 0.1) is 11.4 Å². The van der Waals surface area contributed by atoms with E-state index in [0.717, 1.165) is 6.26 Å². The van der Waals surface area contributed by atoms with Crippen LogP contribution in [0.1, 0.15) is 9.67 Å². The van der Waals surface area contributed by atoms with Gasteiger partial charge in [-0.25, -0.2) is 13.2 Å². The number of nitrogens with two attached hydrogens (primary N) is 1. The van der Waals surface area contributed by atoms with Crippen LogP contribution in [0.2, 0.25) is 0 Å². The van der Waals surface area contributed by atoms with E-state index in [4.69, 9.17) is 10.5 Å². The van der Waals surface area contributed by atoms with Crippen molar-refractivity contribution in [3.8, 4) is 0 Å². The molecule has 0 bridgehead atoms. The van der Waals surface area contributed by atoms with E-state index < -0.39 is 15.8 Å². The van der Waals surface area contributed by atoms with Gasteiger partial charge in [0.15, 0.2) is 9.84 Å². The summed E-state index contributed by atoms with van der Waals surface area (Å²) in [5, 5.41) is 1.67. The maximum Gasteiger partial charge on any atom is 0.350 e. The second kappa shape index (κ2) is 4.63. The van der Waals surface area contributed by atoms with Crippen LogP contribution in [0.25, 0.3) is 0 Å². The van der Waals surface area contributed by atoms with Crippen LogP contribution in [0, 0.1) is 0 Å². The summed E-state index contributed by atoms with van der Waals surface area (Å²) in [4.78, 5) is 11.6. The Hall–Kier alpha value is -1.08. The fourth-order valence-electron chi connectivity index (χ4n) is 0.836. The summed E-state index contributed by atoms with van der Waals surface area (Å²) in [6.07, 6.45) is 1.08. The molecule has 0 aliphatic carbocycles. The molecule has 0 spiro atoms. The largest absolute Gasteiger partial charge is 0.460 e. The third-order valence-electron chi connectivity index (χ3n) is 1.57. The highest BCUT2D eigenvalue weighted by Gasteiger charge is 2.13. The number of nitrogen functional groups attached to an aromatic ring is 1. The van der Waals surface area contributed by atoms with Crippen molar-refractivity contribution < 1.29 is 17.9 Å². The van der Waals surface area contributed by atoms with Crippen molar-refractivity contribution in [1.82, 2.24) is 0 Å². The van der Waals surface area contributed by atoms with E-state index >= 15 is 0 Å². The maximum absolute atomic E-state index is 11.3. The molecule has 0 atom stereocenters. The van der Waals surface area contributed by atoms with E-state index in [9.17, 15) is 13.2 Å². The number of thiophene rings is 1. The minimum Gasteiger partial charge on any atom is -0.460 e. The molecule has 1 heterocycles. The molecule has 1 aromatic rings. The summed E-state index contributed by atoms with van der Waals surface area (Å²) >= 11 is 1.17. The van der Waals surface area contributed by atoms with Crippen LogP contribution in [0.3, 0.4) is 0 Å². The Bertz CT molecular complexity index is 449. The smallest absolute Gasteiger partial charge is 0.350 e. The Morgan fingerprint density at radius 3 is 2.73 bits per heavy atom. The van der Waals surface area contributed by atoms with Gasteiger partial charge in [-0.3, -0.25) is 0 Å². The first-order valence-electron chi connectivity index (χ1n) is 4.08. The number of esters is 1. The third kappa shape index (κ3) is 3.88. The first-order chi connectivity index (χ1) is 6.90. The molecule has 5 nitrogen and oxygen atoms in total. The third-order valence-corrected chi connectivity index (χ3v) is 3.39. The van der Waals surface area contributed by atoms with Crippen LogP contribution in [0.5, 0.6) is 0 Å². The number of hydrogen-bond donors (Lipinski definition) is 1. The predicted octanol–water partition coefficient (Wildman–Crippen LogP) is 0.532. The minimum atomic E-state index is -3.10. The first-order valence-corrected chi connectivity index (χ1v) is 7.02. The van der Waals surface area contributed by atoms with Gasteiger partial charge in [-0.05, 0) is 11.4 Å². The molecule has 2 N–H and O–H groups in total. The number of anilines is 1. The molecule has 7 heteroatoms. The molecule has 0 aliphatic rings. The van der Waals surface area contributed by atoms with Crippen molar-refractivity contribution in [1.29, 1.82) is 0 Å². The van der Waals surface area contributed by atoms with E-state index in [1.165, 1.54) is 11.3 Å². The Kier molecular flexibility index (Phi) is 3.70. The first kappa shape index (κ1) is 12.0. The molecule has 1 rings (SSSR count). The zero-order valence-electron chi connectivity index (χ0n) is 8.10. The quantitative estimate of drug-likeness (QED) is 0.787. The summed E-state index contributed by atoms with van der Waals surface area (Å²) in [6.45, 7) is -0.144. The van der Waals surface area contributed by atoms with E-state index in [1.807, 2.05) is 0 Å². The van der Waals surface area contributed by atoms with Crippen LogP contribution in [-0.2, 0) is 14.6 Å². The molecule has 15 heavy (non-hydrogen) atoms. The Morgan fingerprint density at radius 1 is 1.60 bits per heavy atom. The summed E-state index contributed by atoms with van der Waals surface area (Å²) in [6, 6.07) is 1.60. The number of hydrogen-bond acceptors (Lipinski definition) is 6. The van der Waals surface area contributed by atoms with Gasteiger partial charge in [-0.15, -0.1) is 11.3 Å². The van der Waals surface area contributed by atoms with Crippen molar-refractivity contribution in [3.63, 3.8) is 0 Å². The van der Waals surface area contributed by atoms with Crippen LogP contribution in [0.4, 0.5) is 5.69 Å². The molecular formula is C8H11NO4S2. The van der Waals surface area contributed by atoms with Crippen molar-refractivity contribution in [3.05, 3.63) is 16.3 Å². The van der Waals surface area contributed by atoms with Crippen molar-refractivity contribution in [2.45, 2.75) is 0 Å². The van der Waals surface area contributed by atoms with Gasteiger partial charge in [0.2, 0.25) is 0 Å². The van der Waals surface area contributed by atoms with Crippen LogP contribution >= 0.6 is 11.3 Å². The number of carbonyl (C=O) groups is 1. The van der Waals surface area contributed by atoms with E-state index in [-0.39, 0.29) is 12.4 Å². The number of carbonyl (C=O) groups excluding carboxylic acids is 1. The highest BCUT2D eigenvalue weighted by Crippen LogP contribution is 2.19. The topological polar surface area (TPSA) is 86.5 Å². The molecule has 0 aromatic carbocycles. The zero-order valence-corrected chi connectivity index (χ0v) is 9.73. The molecular weight excluding hydrogens is 238 g/mol. The number of ether oxygens (including phenoxy) is 1. The van der Waals surface area contributed by atoms with E-state index in [2.05, 4.69) is 0 Å². The lowest BCUT2D eigenvalue weighted by molar-refractivity contribution is 0.0536. The standard InChI is InChI=1S/C8H11NO4S2/c1-15(11,12)5-3-13-8(10)7-6(9)2-4-14-7/h2,4H,3,5,9H2,1H3. The monoisotopic (exact) mass is 249 g/mol. The van der Waals surface area contributed by atoms with Gasteiger partial charge in [-0.1, -0.05) is 0 Å². The van der Waals surface area contributed by atoms with Crippen molar-refractivity contribution >= 4 is 32.8 Å².